The van der Waals surface area contributed by atoms with Crippen molar-refractivity contribution in [2.24, 2.45) is 22.7 Å². The van der Waals surface area contributed by atoms with Crippen molar-refractivity contribution in [3.8, 4) is 0 Å². The zero-order valence-corrected chi connectivity index (χ0v) is 21.4. The summed E-state index contributed by atoms with van der Waals surface area (Å²) in [5.74, 6) is 3.14. The summed E-state index contributed by atoms with van der Waals surface area (Å²) in [5.41, 5.74) is 1.25. The van der Waals surface area contributed by atoms with E-state index in [-0.39, 0.29) is 24.0 Å². The second kappa shape index (κ2) is 13.5. The van der Waals surface area contributed by atoms with Crippen molar-refractivity contribution in [2.75, 3.05) is 52.9 Å². The van der Waals surface area contributed by atoms with E-state index in [9.17, 15) is 0 Å². The molecule has 1 aromatic carbocycles. The minimum absolute atomic E-state index is 0. The van der Waals surface area contributed by atoms with E-state index in [0.29, 0.717) is 12.5 Å². The van der Waals surface area contributed by atoms with Gasteiger partial charge in [-0.05, 0) is 43.2 Å². The summed E-state index contributed by atoms with van der Waals surface area (Å²) >= 11 is 0. The molecule has 0 amide bonds. The van der Waals surface area contributed by atoms with E-state index in [1.165, 1.54) is 44.5 Å². The number of benzene rings is 1. The average Bonchev–Trinajstić information content (AvgIpc) is 3.18. The summed E-state index contributed by atoms with van der Waals surface area (Å²) in [6.45, 7) is 13.0. The number of nitrogens with zero attached hydrogens (tertiary/aromatic N) is 3. The lowest BCUT2D eigenvalue weighted by atomic mass is 9.97. The summed E-state index contributed by atoms with van der Waals surface area (Å²) in [6.07, 6.45) is 3.83. The third kappa shape index (κ3) is 8.35. The zero-order valence-electron chi connectivity index (χ0n) is 19.1. The van der Waals surface area contributed by atoms with Crippen LogP contribution in [0.25, 0.3) is 0 Å². The van der Waals surface area contributed by atoms with E-state index >= 15 is 0 Å². The highest BCUT2D eigenvalue weighted by molar-refractivity contribution is 14.0. The van der Waals surface area contributed by atoms with Crippen molar-refractivity contribution in [3.05, 3.63) is 35.9 Å². The van der Waals surface area contributed by atoms with Crippen LogP contribution in [0.1, 0.15) is 38.7 Å². The van der Waals surface area contributed by atoms with Crippen LogP contribution in [0, 0.1) is 17.8 Å². The number of hydrogen-bond donors (Lipinski definition) is 1. The molecule has 2 aliphatic heterocycles. The van der Waals surface area contributed by atoms with Crippen molar-refractivity contribution in [1.82, 2.24) is 15.1 Å². The Labute approximate surface area is 200 Å². The molecule has 30 heavy (non-hydrogen) atoms. The van der Waals surface area contributed by atoms with Crippen LogP contribution in [-0.2, 0) is 11.3 Å². The Hall–Kier alpha value is -0.860. The van der Waals surface area contributed by atoms with Gasteiger partial charge in [-0.1, -0.05) is 44.2 Å². The van der Waals surface area contributed by atoms with E-state index in [2.05, 4.69) is 58.2 Å². The number of halogens is 1. The maximum atomic E-state index is 5.97. The lowest BCUT2D eigenvalue weighted by molar-refractivity contribution is 0.0906. The maximum absolute atomic E-state index is 5.97. The third-order valence-corrected chi connectivity index (χ3v) is 6.04. The first-order valence-electron chi connectivity index (χ1n) is 11.4. The fourth-order valence-electron chi connectivity index (χ4n) is 4.65. The van der Waals surface area contributed by atoms with Gasteiger partial charge in [0, 0.05) is 45.7 Å². The van der Waals surface area contributed by atoms with Gasteiger partial charge in [0.05, 0.1) is 13.2 Å². The van der Waals surface area contributed by atoms with Gasteiger partial charge < -0.3 is 19.9 Å². The second-order valence-electron chi connectivity index (χ2n) is 9.19. The summed E-state index contributed by atoms with van der Waals surface area (Å²) in [7, 11) is 1.91. The lowest BCUT2D eigenvalue weighted by Crippen LogP contribution is -2.46. The number of likely N-dealkylation sites (tertiary alicyclic amines) is 2. The molecule has 0 aromatic heterocycles. The Morgan fingerprint density at radius 3 is 2.67 bits per heavy atom. The molecule has 1 N–H and O–H groups in total. The van der Waals surface area contributed by atoms with Crippen LogP contribution in [0.3, 0.4) is 0 Å². The number of piperidine rings is 1. The molecule has 2 fully saturated rings. The topological polar surface area (TPSA) is 40.1 Å². The number of aliphatic imine (C=N–C) groups is 1. The molecule has 3 rings (SSSR count). The normalized spacial score (nSPS) is 22.9. The first-order valence-corrected chi connectivity index (χ1v) is 11.4. The number of nitrogens with one attached hydrogen (secondary N) is 1. The van der Waals surface area contributed by atoms with Gasteiger partial charge in [-0.2, -0.15) is 0 Å². The smallest absolute Gasteiger partial charge is 0.193 e. The van der Waals surface area contributed by atoms with Crippen LogP contribution in [-0.4, -0.2) is 68.7 Å². The number of guanidine groups is 1. The molecule has 1 aromatic rings. The number of ether oxygens (including phenoxy) is 1. The first-order chi connectivity index (χ1) is 14.1. The molecule has 0 spiro atoms. The van der Waals surface area contributed by atoms with Crippen LogP contribution in [0.2, 0.25) is 0 Å². The average molecular weight is 529 g/mol. The van der Waals surface area contributed by atoms with Crippen LogP contribution in [0.15, 0.2) is 35.3 Å². The Bertz CT molecular complexity index is 625. The van der Waals surface area contributed by atoms with Crippen LogP contribution in [0.4, 0.5) is 0 Å². The number of hydrogen-bond acceptors (Lipinski definition) is 3. The Morgan fingerprint density at radius 1 is 1.13 bits per heavy atom. The van der Waals surface area contributed by atoms with E-state index in [1.807, 2.05) is 13.1 Å². The van der Waals surface area contributed by atoms with Gasteiger partial charge in [0.2, 0.25) is 0 Å². The predicted molar refractivity (Wildman–Crippen MR) is 137 cm³/mol. The Kier molecular flexibility index (Phi) is 11.5. The first kappa shape index (κ1) is 25.4. The SMILES string of the molecule is CN=C(NCC1CCCN(CC(C)C)C1)N1CCC(COCc2ccccc2)C1.I. The molecule has 2 heterocycles. The summed E-state index contributed by atoms with van der Waals surface area (Å²) in [4.78, 5) is 9.61. The van der Waals surface area contributed by atoms with Crippen LogP contribution >= 0.6 is 24.0 Å². The molecule has 0 aliphatic carbocycles. The molecule has 2 saturated heterocycles. The van der Waals surface area contributed by atoms with Gasteiger partial charge in [-0.3, -0.25) is 4.99 Å². The monoisotopic (exact) mass is 528 g/mol. The molecule has 170 valence electrons. The summed E-state index contributed by atoms with van der Waals surface area (Å²) in [6, 6.07) is 10.4. The fourth-order valence-corrected chi connectivity index (χ4v) is 4.65. The molecule has 2 atom stereocenters. The van der Waals surface area contributed by atoms with Gasteiger partial charge in [0.1, 0.15) is 0 Å². The summed E-state index contributed by atoms with van der Waals surface area (Å²) in [5, 5.41) is 3.67. The predicted octanol–water partition coefficient (Wildman–Crippen LogP) is 4.09. The highest BCUT2D eigenvalue weighted by Crippen LogP contribution is 2.19. The van der Waals surface area contributed by atoms with Crippen LogP contribution in [0.5, 0.6) is 0 Å². The molecule has 0 bridgehead atoms. The maximum Gasteiger partial charge on any atom is 0.193 e. The second-order valence-corrected chi connectivity index (χ2v) is 9.19. The standard InChI is InChI=1S/C24H40N4O.HI/c1-20(2)15-27-12-7-10-22(16-27)14-26-24(25-3)28-13-11-23(17-28)19-29-18-21-8-5-4-6-9-21;/h4-6,8-9,20,22-23H,7,10-19H2,1-3H3,(H,25,26);1H. The molecule has 2 unspecified atom stereocenters. The lowest BCUT2D eigenvalue weighted by Gasteiger charge is -2.34. The molecular formula is C24H41IN4O. The van der Waals surface area contributed by atoms with Crippen molar-refractivity contribution in [3.63, 3.8) is 0 Å². The van der Waals surface area contributed by atoms with Crippen molar-refractivity contribution < 1.29 is 4.74 Å². The Morgan fingerprint density at radius 2 is 1.93 bits per heavy atom. The van der Waals surface area contributed by atoms with E-state index < -0.39 is 0 Å². The minimum atomic E-state index is 0. The quantitative estimate of drug-likeness (QED) is 0.314. The van der Waals surface area contributed by atoms with Crippen molar-refractivity contribution in [2.45, 2.75) is 39.7 Å². The highest BCUT2D eigenvalue weighted by atomic mass is 127. The summed E-state index contributed by atoms with van der Waals surface area (Å²) < 4.78 is 5.97. The number of rotatable bonds is 8. The molecule has 6 heteroatoms. The van der Waals surface area contributed by atoms with E-state index in [1.54, 1.807) is 0 Å². The third-order valence-electron chi connectivity index (χ3n) is 6.04. The van der Waals surface area contributed by atoms with E-state index in [0.717, 1.165) is 44.0 Å². The highest BCUT2D eigenvalue weighted by Gasteiger charge is 2.26. The molecule has 5 nitrogen and oxygen atoms in total. The van der Waals surface area contributed by atoms with Gasteiger partial charge in [0.15, 0.2) is 5.96 Å². The Balaban J connectivity index is 0.00000320. The molecular weight excluding hydrogens is 487 g/mol. The fraction of sp³-hybridized carbons (Fsp3) is 0.708. The van der Waals surface area contributed by atoms with Crippen molar-refractivity contribution in [1.29, 1.82) is 0 Å². The minimum Gasteiger partial charge on any atom is -0.376 e. The zero-order chi connectivity index (χ0) is 20.5. The van der Waals surface area contributed by atoms with Gasteiger partial charge >= 0.3 is 0 Å². The molecule has 2 aliphatic rings. The van der Waals surface area contributed by atoms with Gasteiger partial charge in [-0.25, -0.2) is 0 Å². The van der Waals surface area contributed by atoms with Gasteiger partial charge in [0.25, 0.3) is 0 Å². The van der Waals surface area contributed by atoms with Gasteiger partial charge in [-0.15, -0.1) is 24.0 Å². The largest absolute Gasteiger partial charge is 0.376 e. The van der Waals surface area contributed by atoms with E-state index in [4.69, 9.17) is 4.74 Å². The van der Waals surface area contributed by atoms with Crippen LogP contribution < -0.4 is 5.32 Å². The molecule has 0 saturated carbocycles. The molecule has 0 radical (unpaired) electrons. The van der Waals surface area contributed by atoms with Crippen molar-refractivity contribution >= 4 is 29.9 Å².